The third-order valence-electron chi connectivity index (χ3n) is 1.99. The van der Waals surface area contributed by atoms with Crippen molar-refractivity contribution in [2.75, 3.05) is 13.6 Å². The summed E-state index contributed by atoms with van der Waals surface area (Å²) in [6.07, 6.45) is 1.71. The first-order valence-electron chi connectivity index (χ1n) is 3.49. The fourth-order valence-corrected chi connectivity index (χ4v) is 1.90. The number of hydrogen-bond acceptors (Lipinski definition) is 3. The molecule has 0 radical (unpaired) electrons. The van der Waals surface area contributed by atoms with Gasteiger partial charge in [0.05, 0.1) is 12.5 Å². The molecule has 0 bridgehead atoms. The van der Waals surface area contributed by atoms with Crippen molar-refractivity contribution in [1.29, 1.82) is 5.26 Å². The zero-order chi connectivity index (χ0) is 7.56. The molecule has 0 saturated carbocycles. The second kappa shape index (κ2) is 3.27. The van der Waals surface area contributed by atoms with Crippen molar-refractivity contribution in [3.63, 3.8) is 0 Å². The summed E-state index contributed by atoms with van der Waals surface area (Å²) in [5.74, 6) is 0. The largest absolute Gasteiger partial charge is 0.301 e. The van der Waals surface area contributed by atoms with Gasteiger partial charge in [0.15, 0.2) is 0 Å². The molecule has 0 aromatic heterocycles. The summed E-state index contributed by atoms with van der Waals surface area (Å²) in [5, 5.41) is 8.90. The smallest absolute Gasteiger partial charge is 0.0638 e. The third-order valence-corrected chi connectivity index (χ3v) is 2.37. The van der Waals surface area contributed by atoms with Crippen molar-refractivity contribution in [3.05, 3.63) is 0 Å². The average Bonchev–Trinajstić information content (AvgIpc) is 2.13. The van der Waals surface area contributed by atoms with Crippen LogP contribution in [-0.2, 0) is 0 Å². The van der Waals surface area contributed by atoms with E-state index in [-0.39, 0.29) is 0 Å². The quantitative estimate of drug-likeness (QED) is 0.571. The highest BCUT2D eigenvalue weighted by molar-refractivity contribution is 7.81. The summed E-state index contributed by atoms with van der Waals surface area (Å²) in [4.78, 5) is 2.21. The Morgan fingerprint density at radius 2 is 2.50 bits per heavy atom. The molecule has 2 unspecified atom stereocenters. The van der Waals surface area contributed by atoms with Gasteiger partial charge in [-0.1, -0.05) is 0 Å². The maximum Gasteiger partial charge on any atom is 0.0638 e. The number of hydrogen-bond donors (Lipinski definition) is 1. The van der Waals surface area contributed by atoms with Crippen LogP contribution >= 0.6 is 12.6 Å². The molecule has 0 aliphatic carbocycles. The Morgan fingerprint density at radius 1 is 1.80 bits per heavy atom. The van der Waals surface area contributed by atoms with Gasteiger partial charge >= 0.3 is 0 Å². The summed E-state index contributed by atoms with van der Waals surface area (Å²) >= 11 is 4.35. The van der Waals surface area contributed by atoms with E-state index in [9.17, 15) is 0 Å². The molecule has 1 saturated heterocycles. The van der Waals surface area contributed by atoms with Crippen LogP contribution in [0.15, 0.2) is 0 Å². The number of nitriles is 1. The standard InChI is InChI=1S/C7H12N2S/c1-9-5-7(10)4-6(9)2-3-8/h6-7,10H,2,4-5H2,1H3. The van der Waals surface area contributed by atoms with E-state index < -0.39 is 0 Å². The number of thiol groups is 1. The molecule has 10 heavy (non-hydrogen) atoms. The van der Waals surface area contributed by atoms with Gasteiger partial charge in [0.2, 0.25) is 0 Å². The molecule has 0 aromatic rings. The highest BCUT2D eigenvalue weighted by atomic mass is 32.1. The first kappa shape index (κ1) is 7.90. The second-order valence-electron chi connectivity index (χ2n) is 2.85. The van der Waals surface area contributed by atoms with Crippen LogP contribution in [0.1, 0.15) is 12.8 Å². The van der Waals surface area contributed by atoms with Gasteiger partial charge < -0.3 is 4.90 Å². The first-order chi connectivity index (χ1) is 4.74. The summed E-state index contributed by atoms with van der Waals surface area (Å²) in [6, 6.07) is 2.64. The summed E-state index contributed by atoms with van der Waals surface area (Å²) in [6.45, 7) is 1.02. The van der Waals surface area contributed by atoms with Crippen LogP contribution in [0, 0.1) is 11.3 Å². The van der Waals surface area contributed by atoms with E-state index in [1.54, 1.807) is 0 Å². The van der Waals surface area contributed by atoms with E-state index in [0.29, 0.717) is 17.7 Å². The van der Waals surface area contributed by atoms with E-state index in [0.717, 1.165) is 13.0 Å². The number of nitrogens with zero attached hydrogens (tertiary/aromatic N) is 2. The maximum absolute atomic E-state index is 8.43. The molecule has 2 nitrogen and oxygen atoms in total. The molecule has 1 heterocycles. The van der Waals surface area contributed by atoms with Gasteiger partial charge in [-0.2, -0.15) is 17.9 Å². The van der Waals surface area contributed by atoms with E-state index in [4.69, 9.17) is 5.26 Å². The number of rotatable bonds is 1. The molecule has 0 spiro atoms. The van der Waals surface area contributed by atoms with Gasteiger partial charge in [-0.25, -0.2) is 0 Å². The maximum atomic E-state index is 8.43. The topological polar surface area (TPSA) is 27.0 Å². The van der Waals surface area contributed by atoms with Gasteiger partial charge in [0, 0.05) is 17.8 Å². The molecule has 1 rings (SSSR count). The highest BCUT2D eigenvalue weighted by Crippen LogP contribution is 2.21. The van der Waals surface area contributed by atoms with Crippen molar-refractivity contribution in [1.82, 2.24) is 4.90 Å². The zero-order valence-electron chi connectivity index (χ0n) is 6.12. The minimum absolute atomic E-state index is 0.451. The lowest BCUT2D eigenvalue weighted by Gasteiger charge is -2.14. The Hall–Kier alpha value is -0.200. The van der Waals surface area contributed by atoms with Crippen LogP contribution < -0.4 is 0 Å². The molecule has 1 aliphatic heterocycles. The molecule has 0 N–H and O–H groups in total. The van der Waals surface area contributed by atoms with Gasteiger partial charge in [0.1, 0.15) is 0 Å². The van der Waals surface area contributed by atoms with Gasteiger partial charge in [-0.3, -0.25) is 0 Å². The lowest BCUT2D eigenvalue weighted by Crippen LogP contribution is -2.24. The Morgan fingerprint density at radius 3 is 2.90 bits per heavy atom. The first-order valence-corrected chi connectivity index (χ1v) is 4.01. The molecular formula is C7H12N2S. The lowest BCUT2D eigenvalue weighted by atomic mass is 10.2. The molecular weight excluding hydrogens is 144 g/mol. The third kappa shape index (κ3) is 1.65. The predicted octanol–water partition coefficient (Wildman–Crippen LogP) is 0.903. The minimum atomic E-state index is 0.451. The molecule has 1 aliphatic rings. The van der Waals surface area contributed by atoms with Gasteiger partial charge in [-0.15, -0.1) is 0 Å². The van der Waals surface area contributed by atoms with Crippen LogP contribution in [0.4, 0.5) is 0 Å². The van der Waals surface area contributed by atoms with Crippen molar-refractivity contribution in [2.45, 2.75) is 24.1 Å². The van der Waals surface area contributed by atoms with Crippen LogP contribution in [-0.4, -0.2) is 29.8 Å². The summed E-state index contributed by atoms with van der Waals surface area (Å²) in [7, 11) is 2.05. The molecule has 0 amide bonds. The normalized spacial score (nSPS) is 34.1. The van der Waals surface area contributed by atoms with Gasteiger partial charge in [-0.05, 0) is 13.5 Å². The molecule has 56 valence electrons. The van der Waals surface area contributed by atoms with E-state index >= 15 is 0 Å². The minimum Gasteiger partial charge on any atom is -0.301 e. The van der Waals surface area contributed by atoms with Gasteiger partial charge in [0.25, 0.3) is 0 Å². The monoisotopic (exact) mass is 156 g/mol. The zero-order valence-corrected chi connectivity index (χ0v) is 7.01. The van der Waals surface area contributed by atoms with E-state index in [1.807, 2.05) is 0 Å². The Kier molecular flexibility index (Phi) is 2.58. The molecule has 3 heteroatoms. The van der Waals surface area contributed by atoms with E-state index in [1.165, 1.54) is 0 Å². The second-order valence-corrected chi connectivity index (χ2v) is 3.58. The lowest BCUT2D eigenvalue weighted by molar-refractivity contribution is 0.315. The Balaban J connectivity index is 2.40. The Bertz CT molecular complexity index is 152. The van der Waals surface area contributed by atoms with Crippen molar-refractivity contribution in [2.24, 2.45) is 0 Å². The summed E-state index contributed by atoms with van der Waals surface area (Å²) in [5.41, 5.74) is 0. The van der Waals surface area contributed by atoms with E-state index in [2.05, 4.69) is 30.6 Å². The summed E-state index contributed by atoms with van der Waals surface area (Å²) < 4.78 is 0. The SMILES string of the molecule is CN1CC(S)CC1CC#N. The van der Waals surface area contributed by atoms with Crippen LogP contribution in [0.25, 0.3) is 0 Å². The van der Waals surface area contributed by atoms with Crippen molar-refractivity contribution < 1.29 is 0 Å². The molecule has 1 fully saturated rings. The molecule has 0 aromatic carbocycles. The fraction of sp³-hybridized carbons (Fsp3) is 0.857. The van der Waals surface area contributed by atoms with Crippen molar-refractivity contribution in [3.8, 4) is 6.07 Å². The van der Waals surface area contributed by atoms with Crippen molar-refractivity contribution >= 4 is 12.6 Å². The predicted molar refractivity (Wildman–Crippen MR) is 44.0 cm³/mol. The van der Waals surface area contributed by atoms with Crippen LogP contribution in [0.5, 0.6) is 0 Å². The number of likely N-dealkylation sites (tertiary alicyclic amines) is 1. The Labute approximate surface area is 67.2 Å². The highest BCUT2D eigenvalue weighted by Gasteiger charge is 2.26. The molecule has 2 atom stereocenters. The van der Waals surface area contributed by atoms with Crippen LogP contribution in [0.2, 0.25) is 0 Å². The average molecular weight is 156 g/mol. The fourth-order valence-electron chi connectivity index (χ4n) is 1.39. The van der Waals surface area contributed by atoms with Crippen LogP contribution in [0.3, 0.4) is 0 Å².